The normalized spacial score (nSPS) is 10.4. The first-order valence-electron chi connectivity index (χ1n) is 6.86. The lowest BCUT2D eigenvalue weighted by Crippen LogP contribution is -2.11. The monoisotopic (exact) mass is 291 g/mol. The van der Waals surface area contributed by atoms with E-state index in [2.05, 4.69) is 15.6 Å². The lowest BCUT2D eigenvalue weighted by Gasteiger charge is -2.05. The van der Waals surface area contributed by atoms with Gasteiger partial charge < -0.3 is 5.32 Å². The van der Waals surface area contributed by atoms with E-state index in [-0.39, 0.29) is 5.91 Å². The molecule has 0 aliphatic rings. The Labute approximate surface area is 127 Å². The molecule has 0 bridgehead atoms. The number of nitriles is 1. The zero-order valence-electron chi connectivity index (χ0n) is 11.9. The quantitative estimate of drug-likeness (QED) is 0.803. The van der Waals surface area contributed by atoms with Gasteiger partial charge in [-0.05, 0) is 43.3 Å². The van der Waals surface area contributed by atoms with Crippen LogP contribution in [0.3, 0.4) is 0 Å². The number of anilines is 1. The zero-order chi connectivity index (χ0) is 15.5. The third-order valence-electron chi connectivity index (χ3n) is 3.33. The summed E-state index contributed by atoms with van der Waals surface area (Å²) in [6.45, 7) is 2.71. The Balaban J connectivity index is 1.87. The van der Waals surface area contributed by atoms with Crippen molar-refractivity contribution in [3.63, 3.8) is 0 Å². The Morgan fingerprint density at radius 1 is 1.32 bits per heavy atom. The van der Waals surface area contributed by atoms with Crippen LogP contribution in [0.1, 0.15) is 22.8 Å². The van der Waals surface area contributed by atoms with Crippen molar-refractivity contribution >= 4 is 22.6 Å². The minimum Gasteiger partial charge on any atom is -0.322 e. The molecule has 6 heteroatoms. The van der Waals surface area contributed by atoms with E-state index >= 15 is 0 Å². The van der Waals surface area contributed by atoms with Crippen molar-refractivity contribution < 1.29 is 4.79 Å². The second-order valence-corrected chi connectivity index (χ2v) is 4.76. The molecule has 1 heterocycles. The minimum absolute atomic E-state index is 0.247. The molecule has 0 saturated carbocycles. The van der Waals surface area contributed by atoms with Gasteiger partial charge >= 0.3 is 0 Å². The fourth-order valence-electron chi connectivity index (χ4n) is 2.22. The molecule has 0 aliphatic carbocycles. The van der Waals surface area contributed by atoms with E-state index in [9.17, 15) is 4.79 Å². The van der Waals surface area contributed by atoms with E-state index in [1.807, 2.05) is 19.1 Å². The van der Waals surface area contributed by atoms with E-state index in [1.54, 1.807) is 41.1 Å². The first-order valence-corrected chi connectivity index (χ1v) is 6.86. The summed E-state index contributed by atoms with van der Waals surface area (Å²) in [7, 11) is 0. The molecule has 0 spiro atoms. The Bertz CT molecular complexity index is 891. The van der Waals surface area contributed by atoms with Crippen LogP contribution in [0.15, 0.2) is 42.5 Å². The fourth-order valence-corrected chi connectivity index (χ4v) is 2.22. The van der Waals surface area contributed by atoms with Crippen molar-refractivity contribution in [2.75, 3.05) is 5.32 Å². The van der Waals surface area contributed by atoms with Gasteiger partial charge in [0.25, 0.3) is 5.91 Å². The number of rotatable bonds is 3. The number of carbonyl (C=O) groups is 1. The summed E-state index contributed by atoms with van der Waals surface area (Å²) in [5.41, 5.74) is 3.16. The molecule has 22 heavy (non-hydrogen) atoms. The Morgan fingerprint density at radius 3 is 2.95 bits per heavy atom. The largest absolute Gasteiger partial charge is 0.322 e. The minimum atomic E-state index is -0.247. The summed E-state index contributed by atoms with van der Waals surface area (Å²) >= 11 is 0. The van der Waals surface area contributed by atoms with Crippen molar-refractivity contribution in [2.45, 2.75) is 13.5 Å². The van der Waals surface area contributed by atoms with Crippen molar-refractivity contribution in [2.24, 2.45) is 0 Å². The van der Waals surface area contributed by atoms with Crippen LogP contribution in [0.2, 0.25) is 0 Å². The standard InChI is InChI=1S/C16H13N5O/c1-2-21-15-7-6-12(9-14(15)19-20-21)16(22)18-13-5-3-4-11(8-13)10-17/h3-9H,2H2,1H3,(H,18,22). The topological polar surface area (TPSA) is 83.6 Å². The molecule has 1 N–H and O–H groups in total. The highest BCUT2D eigenvalue weighted by molar-refractivity contribution is 6.05. The van der Waals surface area contributed by atoms with Crippen LogP contribution < -0.4 is 5.32 Å². The molecule has 0 atom stereocenters. The summed E-state index contributed by atoms with van der Waals surface area (Å²) in [5, 5.41) is 19.7. The average Bonchev–Trinajstić information content (AvgIpc) is 2.97. The maximum atomic E-state index is 12.3. The molecule has 0 saturated heterocycles. The number of carbonyl (C=O) groups excluding carboxylic acids is 1. The van der Waals surface area contributed by atoms with Gasteiger partial charge in [-0.3, -0.25) is 4.79 Å². The molecule has 1 amide bonds. The van der Waals surface area contributed by atoms with Crippen LogP contribution in [-0.4, -0.2) is 20.9 Å². The van der Waals surface area contributed by atoms with E-state index < -0.39 is 0 Å². The Morgan fingerprint density at radius 2 is 2.18 bits per heavy atom. The van der Waals surface area contributed by atoms with Crippen LogP contribution in [0.5, 0.6) is 0 Å². The molecular weight excluding hydrogens is 278 g/mol. The smallest absolute Gasteiger partial charge is 0.255 e. The number of aryl methyl sites for hydroxylation is 1. The van der Waals surface area contributed by atoms with Crippen molar-refractivity contribution in [3.8, 4) is 6.07 Å². The lowest BCUT2D eigenvalue weighted by molar-refractivity contribution is 0.102. The van der Waals surface area contributed by atoms with Crippen LogP contribution in [0.25, 0.3) is 11.0 Å². The number of nitrogens with zero attached hydrogens (tertiary/aromatic N) is 4. The maximum Gasteiger partial charge on any atom is 0.255 e. The number of aromatic nitrogens is 3. The Hall–Kier alpha value is -3.20. The summed E-state index contributed by atoms with van der Waals surface area (Å²) in [6.07, 6.45) is 0. The first kappa shape index (κ1) is 13.8. The van der Waals surface area contributed by atoms with E-state index in [4.69, 9.17) is 5.26 Å². The number of hydrogen-bond acceptors (Lipinski definition) is 4. The van der Waals surface area contributed by atoms with Gasteiger partial charge in [0.15, 0.2) is 0 Å². The van der Waals surface area contributed by atoms with Gasteiger partial charge in [0, 0.05) is 17.8 Å². The SMILES string of the molecule is CCn1nnc2cc(C(=O)Nc3cccc(C#N)c3)ccc21. The van der Waals surface area contributed by atoms with Crippen molar-refractivity contribution in [1.82, 2.24) is 15.0 Å². The van der Waals surface area contributed by atoms with Crippen molar-refractivity contribution in [1.29, 1.82) is 5.26 Å². The van der Waals surface area contributed by atoms with Crippen LogP contribution in [-0.2, 0) is 6.54 Å². The molecule has 0 unspecified atom stereocenters. The predicted octanol–water partition coefficient (Wildman–Crippen LogP) is 2.58. The molecule has 3 rings (SSSR count). The molecule has 1 aromatic heterocycles. The number of fused-ring (bicyclic) bond motifs is 1. The lowest BCUT2D eigenvalue weighted by atomic mass is 10.1. The summed E-state index contributed by atoms with van der Waals surface area (Å²) in [6, 6.07) is 14.1. The van der Waals surface area contributed by atoms with Gasteiger partial charge in [0.1, 0.15) is 5.52 Å². The predicted molar refractivity (Wildman–Crippen MR) is 82.3 cm³/mol. The molecule has 2 aromatic carbocycles. The number of benzene rings is 2. The highest BCUT2D eigenvalue weighted by atomic mass is 16.1. The summed E-state index contributed by atoms with van der Waals surface area (Å²) in [5.74, 6) is -0.247. The molecule has 3 aromatic rings. The van der Waals surface area contributed by atoms with E-state index in [0.717, 1.165) is 12.1 Å². The molecule has 6 nitrogen and oxygen atoms in total. The average molecular weight is 291 g/mol. The summed E-state index contributed by atoms with van der Waals surface area (Å²) in [4.78, 5) is 12.3. The van der Waals surface area contributed by atoms with Gasteiger partial charge in [-0.25, -0.2) is 4.68 Å². The Kier molecular flexibility index (Phi) is 3.54. The van der Waals surface area contributed by atoms with Gasteiger partial charge in [0.05, 0.1) is 17.1 Å². The van der Waals surface area contributed by atoms with Gasteiger partial charge in [-0.15, -0.1) is 5.10 Å². The molecule has 0 radical (unpaired) electrons. The molecular formula is C16H13N5O. The second kappa shape index (κ2) is 5.66. The highest BCUT2D eigenvalue weighted by Gasteiger charge is 2.10. The van der Waals surface area contributed by atoms with Crippen LogP contribution in [0, 0.1) is 11.3 Å². The summed E-state index contributed by atoms with van der Waals surface area (Å²) < 4.78 is 1.77. The number of amides is 1. The van der Waals surface area contributed by atoms with E-state index in [0.29, 0.717) is 22.3 Å². The number of hydrogen-bond donors (Lipinski definition) is 1. The number of nitrogens with one attached hydrogen (secondary N) is 1. The third-order valence-corrected chi connectivity index (χ3v) is 3.33. The maximum absolute atomic E-state index is 12.3. The van der Waals surface area contributed by atoms with Gasteiger partial charge in [0.2, 0.25) is 0 Å². The molecule has 108 valence electrons. The fraction of sp³-hybridized carbons (Fsp3) is 0.125. The third kappa shape index (κ3) is 2.52. The van der Waals surface area contributed by atoms with Crippen LogP contribution in [0.4, 0.5) is 5.69 Å². The van der Waals surface area contributed by atoms with Gasteiger partial charge in [-0.1, -0.05) is 11.3 Å². The highest BCUT2D eigenvalue weighted by Crippen LogP contribution is 2.16. The molecule has 0 fully saturated rings. The van der Waals surface area contributed by atoms with Crippen molar-refractivity contribution in [3.05, 3.63) is 53.6 Å². The van der Waals surface area contributed by atoms with E-state index in [1.165, 1.54) is 0 Å². The second-order valence-electron chi connectivity index (χ2n) is 4.76. The first-order chi connectivity index (χ1) is 10.7. The molecule has 0 aliphatic heterocycles. The van der Waals surface area contributed by atoms with Gasteiger partial charge in [-0.2, -0.15) is 5.26 Å². The zero-order valence-corrected chi connectivity index (χ0v) is 11.9. The van der Waals surface area contributed by atoms with Crippen LogP contribution >= 0.6 is 0 Å².